The average molecular weight is 202 g/mol. The first kappa shape index (κ1) is 14.5. The van der Waals surface area contributed by atoms with Gasteiger partial charge >= 0.3 is 7.82 Å². The van der Waals surface area contributed by atoms with Gasteiger partial charge in [-0.25, -0.2) is 4.57 Å². The molecule has 0 amide bonds. The van der Waals surface area contributed by atoms with Crippen molar-refractivity contribution in [3.63, 3.8) is 0 Å². The predicted octanol–water partition coefficient (Wildman–Crippen LogP) is -2.40. The first-order chi connectivity index (χ1) is 5.41. The van der Waals surface area contributed by atoms with E-state index in [9.17, 15) is 0 Å². The zero-order valence-corrected chi connectivity index (χ0v) is 7.44. The summed E-state index contributed by atoms with van der Waals surface area (Å²) in [6, 6.07) is 0. The molecule has 0 aromatic rings. The van der Waals surface area contributed by atoms with E-state index in [0.29, 0.717) is 13.1 Å². The van der Waals surface area contributed by atoms with Crippen molar-refractivity contribution in [3.8, 4) is 0 Å². The molecular formula is C4H15N2O5P. The highest BCUT2D eigenvalue weighted by molar-refractivity contribution is 7.45. The van der Waals surface area contributed by atoms with Crippen LogP contribution < -0.4 is 11.1 Å². The van der Waals surface area contributed by atoms with Crippen LogP contribution in [-0.4, -0.2) is 46.0 Å². The highest BCUT2D eigenvalue weighted by Gasteiger charge is 2.00. The van der Waals surface area contributed by atoms with E-state index in [0.717, 1.165) is 6.54 Å². The van der Waals surface area contributed by atoms with E-state index in [1.165, 1.54) is 0 Å². The van der Waals surface area contributed by atoms with Gasteiger partial charge in [0.25, 0.3) is 0 Å². The van der Waals surface area contributed by atoms with Crippen molar-refractivity contribution in [1.29, 1.82) is 0 Å². The third-order valence-electron chi connectivity index (χ3n) is 0.610. The second kappa shape index (κ2) is 9.08. The van der Waals surface area contributed by atoms with Crippen LogP contribution in [0.3, 0.4) is 0 Å². The number of aliphatic hydroxyl groups is 1. The lowest BCUT2D eigenvalue weighted by molar-refractivity contribution is 0.275. The molecule has 0 saturated carbocycles. The monoisotopic (exact) mass is 202 g/mol. The quantitative estimate of drug-likeness (QED) is 0.221. The SMILES string of the molecule is NCCNCCO.O=P(O)(O)O. The molecule has 0 fully saturated rings. The molecule has 0 aliphatic carbocycles. The second-order valence-electron chi connectivity index (χ2n) is 1.78. The first-order valence-electron chi connectivity index (χ1n) is 3.21. The molecule has 0 rings (SSSR count). The molecule has 76 valence electrons. The zero-order chi connectivity index (χ0) is 10.0. The van der Waals surface area contributed by atoms with Crippen LogP contribution in [0.1, 0.15) is 0 Å². The smallest absolute Gasteiger partial charge is 0.395 e. The number of hydrogen-bond acceptors (Lipinski definition) is 4. The van der Waals surface area contributed by atoms with E-state index in [1.54, 1.807) is 0 Å². The van der Waals surface area contributed by atoms with Crippen molar-refractivity contribution < 1.29 is 24.4 Å². The number of hydrogen-bond donors (Lipinski definition) is 6. The Morgan fingerprint density at radius 3 is 1.92 bits per heavy atom. The summed E-state index contributed by atoms with van der Waals surface area (Å²) >= 11 is 0. The Kier molecular flexibility index (Phi) is 11.0. The highest BCUT2D eigenvalue weighted by atomic mass is 31.2. The molecule has 0 bridgehead atoms. The van der Waals surface area contributed by atoms with Crippen molar-refractivity contribution in [2.24, 2.45) is 5.73 Å². The first-order valence-corrected chi connectivity index (χ1v) is 4.78. The summed E-state index contributed by atoms with van der Waals surface area (Å²) in [5, 5.41) is 11.1. The van der Waals surface area contributed by atoms with Gasteiger partial charge in [-0.1, -0.05) is 0 Å². The molecule has 0 aromatic carbocycles. The lowest BCUT2D eigenvalue weighted by atomic mass is 10.6. The standard InChI is InChI=1S/C4H12N2O.H3O4P/c5-1-2-6-3-4-7;1-5(2,3)4/h6-7H,1-5H2;(H3,1,2,3,4). The molecule has 0 atom stereocenters. The summed E-state index contributed by atoms with van der Waals surface area (Å²) in [5.41, 5.74) is 5.13. The van der Waals surface area contributed by atoms with Crippen LogP contribution in [0.2, 0.25) is 0 Å². The molecule has 0 aliphatic rings. The minimum Gasteiger partial charge on any atom is -0.395 e. The molecule has 8 heteroatoms. The molecule has 7 nitrogen and oxygen atoms in total. The van der Waals surface area contributed by atoms with Gasteiger partial charge in [-0.15, -0.1) is 0 Å². The van der Waals surface area contributed by atoms with Gasteiger partial charge in [0.15, 0.2) is 0 Å². The molecular weight excluding hydrogens is 187 g/mol. The van der Waals surface area contributed by atoms with E-state index in [2.05, 4.69) is 5.32 Å². The van der Waals surface area contributed by atoms with Gasteiger partial charge in [0.05, 0.1) is 6.61 Å². The molecule has 0 aliphatic heterocycles. The topological polar surface area (TPSA) is 136 Å². The van der Waals surface area contributed by atoms with Gasteiger partial charge in [0, 0.05) is 19.6 Å². The molecule has 0 spiro atoms. The summed E-state index contributed by atoms with van der Waals surface area (Å²) in [5.74, 6) is 0. The van der Waals surface area contributed by atoms with Crippen molar-refractivity contribution >= 4 is 7.82 Å². The lowest BCUT2D eigenvalue weighted by Gasteiger charge is -1.95. The third kappa shape index (κ3) is 50.7. The summed E-state index contributed by atoms with van der Waals surface area (Å²) in [6.45, 7) is 2.28. The van der Waals surface area contributed by atoms with E-state index >= 15 is 0 Å². The van der Waals surface area contributed by atoms with Gasteiger partial charge in [-0.2, -0.15) is 0 Å². The predicted molar refractivity (Wildman–Crippen MR) is 43.3 cm³/mol. The Balaban J connectivity index is 0. The fraction of sp³-hybridized carbons (Fsp3) is 1.00. The summed E-state index contributed by atoms with van der Waals surface area (Å²) < 4.78 is 8.88. The normalized spacial score (nSPS) is 10.4. The zero-order valence-electron chi connectivity index (χ0n) is 6.55. The van der Waals surface area contributed by atoms with Gasteiger partial charge in [0.2, 0.25) is 0 Å². The van der Waals surface area contributed by atoms with Gasteiger partial charge in [-0.3, -0.25) is 0 Å². The van der Waals surface area contributed by atoms with Crippen molar-refractivity contribution in [1.82, 2.24) is 5.32 Å². The summed E-state index contributed by atoms with van der Waals surface area (Å²) in [6.07, 6.45) is 0. The molecule has 0 aromatic heterocycles. The van der Waals surface area contributed by atoms with Crippen LogP contribution in [-0.2, 0) is 4.57 Å². The minimum atomic E-state index is -4.64. The largest absolute Gasteiger partial charge is 0.466 e. The van der Waals surface area contributed by atoms with Crippen LogP contribution in [0.15, 0.2) is 0 Å². The van der Waals surface area contributed by atoms with Crippen LogP contribution in [0, 0.1) is 0 Å². The van der Waals surface area contributed by atoms with Crippen molar-refractivity contribution in [2.75, 3.05) is 26.2 Å². The van der Waals surface area contributed by atoms with E-state index in [-0.39, 0.29) is 6.61 Å². The second-order valence-corrected chi connectivity index (χ2v) is 2.80. The Morgan fingerprint density at radius 1 is 1.25 bits per heavy atom. The molecule has 7 N–H and O–H groups in total. The maximum Gasteiger partial charge on any atom is 0.466 e. The van der Waals surface area contributed by atoms with Crippen molar-refractivity contribution in [2.45, 2.75) is 0 Å². The lowest BCUT2D eigenvalue weighted by Crippen LogP contribution is -2.24. The summed E-state index contributed by atoms with van der Waals surface area (Å²) in [7, 11) is -4.64. The Labute approximate surface area is 70.5 Å². The maximum absolute atomic E-state index is 8.88. The van der Waals surface area contributed by atoms with Crippen LogP contribution in [0.4, 0.5) is 0 Å². The third-order valence-corrected chi connectivity index (χ3v) is 0.610. The van der Waals surface area contributed by atoms with Gasteiger partial charge in [-0.05, 0) is 0 Å². The number of nitrogens with two attached hydrogens (primary N) is 1. The van der Waals surface area contributed by atoms with Crippen LogP contribution >= 0.6 is 7.82 Å². The van der Waals surface area contributed by atoms with Gasteiger partial charge < -0.3 is 30.8 Å². The number of phosphoric acid groups is 1. The summed E-state index contributed by atoms with van der Waals surface area (Å²) in [4.78, 5) is 21.6. The number of aliphatic hydroxyl groups excluding tert-OH is 1. The fourth-order valence-electron chi connectivity index (χ4n) is 0.306. The molecule has 0 heterocycles. The van der Waals surface area contributed by atoms with E-state index < -0.39 is 7.82 Å². The maximum atomic E-state index is 8.88. The Hall–Kier alpha value is -0.0100. The average Bonchev–Trinajstić information content (AvgIpc) is 1.85. The molecule has 0 unspecified atom stereocenters. The van der Waals surface area contributed by atoms with Crippen molar-refractivity contribution in [3.05, 3.63) is 0 Å². The number of rotatable bonds is 4. The molecule has 0 radical (unpaired) electrons. The fourth-order valence-corrected chi connectivity index (χ4v) is 0.306. The van der Waals surface area contributed by atoms with E-state index in [4.69, 9.17) is 30.1 Å². The Morgan fingerprint density at radius 2 is 1.67 bits per heavy atom. The Bertz CT molecular complexity index is 114. The van der Waals surface area contributed by atoms with E-state index in [1.807, 2.05) is 0 Å². The minimum absolute atomic E-state index is 0.194. The van der Waals surface area contributed by atoms with Crippen LogP contribution in [0.25, 0.3) is 0 Å². The highest BCUT2D eigenvalue weighted by Crippen LogP contribution is 2.25. The van der Waals surface area contributed by atoms with Gasteiger partial charge in [0.1, 0.15) is 0 Å². The van der Waals surface area contributed by atoms with Crippen LogP contribution in [0.5, 0.6) is 0 Å². The number of nitrogens with one attached hydrogen (secondary N) is 1. The molecule has 0 saturated heterocycles. The molecule has 12 heavy (non-hydrogen) atoms.